The van der Waals surface area contributed by atoms with Crippen LogP contribution in [-0.2, 0) is 11.2 Å². The number of benzene rings is 2. The molecule has 1 heterocycles. The maximum absolute atomic E-state index is 12.5. The van der Waals surface area contributed by atoms with Crippen molar-refractivity contribution >= 4 is 16.7 Å². The average Bonchev–Trinajstić information content (AvgIpc) is 2.89. The second-order valence-corrected chi connectivity index (χ2v) is 6.26. The third kappa shape index (κ3) is 2.98. The first kappa shape index (κ1) is 15.0. The number of likely N-dealkylation sites (N-methyl/N-ethyl adjacent to an activating group) is 1. The second kappa shape index (κ2) is 6.07. The van der Waals surface area contributed by atoms with Gasteiger partial charge in [0.15, 0.2) is 0 Å². The molecule has 1 amide bonds. The van der Waals surface area contributed by atoms with E-state index in [1.165, 1.54) is 5.39 Å². The van der Waals surface area contributed by atoms with Gasteiger partial charge in [-0.05, 0) is 30.4 Å². The van der Waals surface area contributed by atoms with Crippen LogP contribution < -0.4 is 0 Å². The van der Waals surface area contributed by atoms with Gasteiger partial charge < -0.3 is 14.9 Å². The van der Waals surface area contributed by atoms with Crippen LogP contribution in [0.25, 0.3) is 10.8 Å². The van der Waals surface area contributed by atoms with Crippen LogP contribution in [0.1, 0.15) is 5.56 Å². The van der Waals surface area contributed by atoms with Crippen LogP contribution in [0, 0.1) is 0 Å². The van der Waals surface area contributed by atoms with Gasteiger partial charge in [-0.15, -0.1) is 0 Å². The standard InChI is InChI=1S/C18H22N2O2/c1-19(2)16-11-20(12-17(16)21)18(22)10-13-7-8-14-5-3-4-6-15(14)9-13/h3-9,16-17,21H,10-12H2,1-2H3/t16-,17-/m1/s1. The molecule has 0 spiro atoms. The maximum atomic E-state index is 12.5. The molecule has 1 aliphatic heterocycles. The van der Waals surface area contributed by atoms with Gasteiger partial charge in [-0.2, -0.15) is 0 Å². The highest BCUT2D eigenvalue weighted by Crippen LogP contribution is 2.19. The van der Waals surface area contributed by atoms with E-state index in [0.717, 1.165) is 10.9 Å². The molecule has 0 saturated carbocycles. The predicted molar refractivity (Wildman–Crippen MR) is 87.7 cm³/mol. The summed E-state index contributed by atoms with van der Waals surface area (Å²) in [5.41, 5.74) is 1.02. The zero-order chi connectivity index (χ0) is 15.7. The molecule has 2 atom stereocenters. The van der Waals surface area contributed by atoms with Crippen molar-refractivity contribution < 1.29 is 9.90 Å². The molecule has 3 rings (SSSR count). The zero-order valence-corrected chi connectivity index (χ0v) is 13.1. The second-order valence-electron chi connectivity index (χ2n) is 6.26. The number of carbonyl (C=O) groups excluding carboxylic acids is 1. The lowest BCUT2D eigenvalue weighted by molar-refractivity contribution is -0.129. The van der Waals surface area contributed by atoms with E-state index in [1.54, 1.807) is 4.90 Å². The normalized spacial score (nSPS) is 21.7. The first-order valence-electron chi connectivity index (χ1n) is 7.64. The number of likely N-dealkylation sites (tertiary alicyclic amines) is 1. The minimum absolute atomic E-state index is 0.0283. The molecule has 1 fully saturated rings. The van der Waals surface area contributed by atoms with Crippen LogP contribution in [0.2, 0.25) is 0 Å². The number of rotatable bonds is 3. The number of fused-ring (bicyclic) bond motifs is 1. The van der Waals surface area contributed by atoms with E-state index in [0.29, 0.717) is 19.5 Å². The van der Waals surface area contributed by atoms with Crippen LogP contribution >= 0.6 is 0 Å². The van der Waals surface area contributed by atoms with Crippen molar-refractivity contribution in [1.29, 1.82) is 0 Å². The molecule has 1 aliphatic rings. The monoisotopic (exact) mass is 298 g/mol. The van der Waals surface area contributed by atoms with Crippen molar-refractivity contribution in [3.63, 3.8) is 0 Å². The molecule has 1 saturated heterocycles. The Bertz CT molecular complexity index is 684. The van der Waals surface area contributed by atoms with Crippen molar-refractivity contribution in [2.45, 2.75) is 18.6 Å². The number of amides is 1. The first-order chi connectivity index (χ1) is 10.5. The molecule has 0 unspecified atom stereocenters. The lowest BCUT2D eigenvalue weighted by atomic mass is 10.0. The van der Waals surface area contributed by atoms with Gasteiger partial charge in [0.05, 0.1) is 18.6 Å². The van der Waals surface area contributed by atoms with E-state index in [-0.39, 0.29) is 11.9 Å². The molecule has 0 aromatic heterocycles. The Morgan fingerprint density at radius 3 is 2.59 bits per heavy atom. The number of aliphatic hydroxyl groups is 1. The number of β-amino-alcohol motifs (C(OH)–C–C–N with tert-alkyl or cyclic N) is 1. The number of aliphatic hydroxyl groups excluding tert-OH is 1. The molecular formula is C18H22N2O2. The van der Waals surface area contributed by atoms with Crippen molar-refractivity contribution in [1.82, 2.24) is 9.80 Å². The molecule has 2 aromatic rings. The van der Waals surface area contributed by atoms with E-state index >= 15 is 0 Å². The van der Waals surface area contributed by atoms with Crippen molar-refractivity contribution in [3.05, 3.63) is 48.0 Å². The Morgan fingerprint density at radius 2 is 1.91 bits per heavy atom. The van der Waals surface area contributed by atoms with Crippen LogP contribution in [-0.4, -0.2) is 60.1 Å². The van der Waals surface area contributed by atoms with E-state index < -0.39 is 6.10 Å². The molecule has 4 heteroatoms. The van der Waals surface area contributed by atoms with Crippen LogP contribution in [0.15, 0.2) is 42.5 Å². The number of hydrogen-bond donors (Lipinski definition) is 1. The molecule has 2 aromatic carbocycles. The molecule has 0 bridgehead atoms. The van der Waals surface area contributed by atoms with Gasteiger partial charge in [-0.3, -0.25) is 4.79 Å². The minimum atomic E-state index is -0.462. The summed E-state index contributed by atoms with van der Waals surface area (Å²) >= 11 is 0. The van der Waals surface area contributed by atoms with Crippen LogP contribution in [0.5, 0.6) is 0 Å². The van der Waals surface area contributed by atoms with Gasteiger partial charge in [0, 0.05) is 13.1 Å². The van der Waals surface area contributed by atoms with Crippen molar-refractivity contribution in [2.24, 2.45) is 0 Å². The summed E-state index contributed by atoms with van der Waals surface area (Å²) in [6, 6.07) is 14.3. The summed E-state index contributed by atoms with van der Waals surface area (Å²) in [6.45, 7) is 1.02. The summed E-state index contributed by atoms with van der Waals surface area (Å²) < 4.78 is 0. The summed E-state index contributed by atoms with van der Waals surface area (Å²) in [7, 11) is 3.87. The van der Waals surface area contributed by atoms with Crippen LogP contribution in [0.4, 0.5) is 0 Å². The summed E-state index contributed by atoms with van der Waals surface area (Å²) in [6.07, 6.45) is -0.0758. The predicted octanol–water partition coefficient (Wildman–Crippen LogP) is 1.52. The lowest BCUT2D eigenvalue weighted by Gasteiger charge is -2.21. The van der Waals surface area contributed by atoms with Gasteiger partial charge in [0.2, 0.25) is 5.91 Å². The summed E-state index contributed by atoms with van der Waals surface area (Å²) in [5, 5.41) is 12.4. The van der Waals surface area contributed by atoms with Gasteiger partial charge >= 0.3 is 0 Å². The molecule has 116 valence electrons. The fraction of sp³-hybridized carbons (Fsp3) is 0.389. The zero-order valence-electron chi connectivity index (χ0n) is 13.1. The van der Waals surface area contributed by atoms with Gasteiger partial charge in [-0.25, -0.2) is 0 Å². The lowest BCUT2D eigenvalue weighted by Crippen LogP contribution is -2.38. The number of nitrogens with zero attached hydrogens (tertiary/aromatic N) is 2. The van der Waals surface area contributed by atoms with E-state index in [9.17, 15) is 9.90 Å². The minimum Gasteiger partial charge on any atom is -0.390 e. The van der Waals surface area contributed by atoms with Gasteiger partial charge in [-0.1, -0.05) is 42.5 Å². The number of carbonyl (C=O) groups is 1. The first-order valence-corrected chi connectivity index (χ1v) is 7.64. The quantitative estimate of drug-likeness (QED) is 0.934. The fourth-order valence-corrected chi connectivity index (χ4v) is 3.12. The van der Waals surface area contributed by atoms with E-state index in [1.807, 2.05) is 37.2 Å². The molecule has 0 radical (unpaired) electrons. The van der Waals surface area contributed by atoms with Gasteiger partial charge in [0.1, 0.15) is 0 Å². The highest BCUT2D eigenvalue weighted by Gasteiger charge is 2.34. The smallest absolute Gasteiger partial charge is 0.227 e. The van der Waals surface area contributed by atoms with Crippen molar-refractivity contribution in [2.75, 3.05) is 27.2 Å². The molecular weight excluding hydrogens is 276 g/mol. The molecule has 1 N–H and O–H groups in total. The highest BCUT2D eigenvalue weighted by molar-refractivity contribution is 5.85. The Labute approximate surface area is 131 Å². The third-order valence-corrected chi connectivity index (χ3v) is 4.44. The Hall–Kier alpha value is -1.91. The highest BCUT2D eigenvalue weighted by atomic mass is 16.3. The third-order valence-electron chi connectivity index (χ3n) is 4.44. The molecule has 22 heavy (non-hydrogen) atoms. The average molecular weight is 298 g/mol. The number of hydrogen-bond acceptors (Lipinski definition) is 3. The molecule has 4 nitrogen and oxygen atoms in total. The Morgan fingerprint density at radius 1 is 1.18 bits per heavy atom. The van der Waals surface area contributed by atoms with E-state index in [2.05, 4.69) is 24.3 Å². The largest absolute Gasteiger partial charge is 0.390 e. The topological polar surface area (TPSA) is 43.8 Å². The maximum Gasteiger partial charge on any atom is 0.227 e. The fourth-order valence-electron chi connectivity index (χ4n) is 3.12. The Balaban J connectivity index is 1.71. The van der Waals surface area contributed by atoms with E-state index in [4.69, 9.17) is 0 Å². The summed E-state index contributed by atoms with van der Waals surface area (Å²) in [5.74, 6) is 0.0821. The van der Waals surface area contributed by atoms with Crippen molar-refractivity contribution in [3.8, 4) is 0 Å². The molecule has 0 aliphatic carbocycles. The van der Waals surface area contributed by atoms with Crippen LogP contribution in [0.3, 0.4) is 0 Å². The SMILES string of the molecule is CN(C)[C@@H]1CN(C(=O)Cc2ccc3ccccc3c2)C[C@H]1O. The van der Waals surface area contributed by atoms with Gasteiger partial charge in [0.25, 0.3) is 0 Å². The Kier molecular flexibility index (Phi) is 4.14. The summed E-state index contributed by atoms with van der Waals surface area (Å²) in [4.78, 5) is 16.2.